The topological polar surface area (TPSA) is 61.9 Å². The van der Waals surface area contributed by atoms with Crippen LogP contribution >= 0.6 is 0 Å². The summed E-state index contributed by atoms with van der Waals surface area (Å²) in [6, 6.07) is 16.9. The Morgan fingerprint density at radius 2 is 1.92 bits per heavy atom. The summed E-state index contributed by atoms with van der Waals surface area (Å²) in [7, 11) is 0. The maximum atomic E-state index is 13.7. The minimum absolute atomic E-state index is 0.0392. The van der Waals surface area contributed by atoms with Gasteiger partial charge in [0.2, 0.25) is 5.91 Å². The Kier molecular flexibility index (Phi) is 4.62. The van der Waals surface area contributed by atoms with Gasteiger partial charge in [0.1, 0.15) is 0 Å². The normalized spacial score (nSPS) is 37.2. The van der Waals surface area contributed by atoms with Gasteiger partial charge in [-0.05, 0) is 86.4 Å². The second-order valence-corrected chi connectivity index (χ2v) is 12.4. The van der Waals surface area contributed by atoms with E-state index in [1.807, 2.05) is 30.3 Å². The molecule has 2 unspecified atom stereocenters. The third-order valence-corrected chi connectivity index (χ3v) is 10.7. The van der Waals surface area contributed by atoms with Crippen molar-refractivity contribution in [2.75, 3.05) is 25.0 Å². The molecule has 3 saturated heterocycles. The average molecular weight is 498 g/mol. The van der Waals surface area contributed by atoms with Crippen LogP contribution in [0.3, 0.4) is 0 Å². The molecule has 2 aromatic carbocycles. The molecule has 3 heterocycles. The first-order chi connectivity index (χ1) is 18.0. The van der Waals surface area contributed by atoms with Gasteiger partial charge in [-0.1, -0.05) is 24.3 Å². The zero-order valence-corrected chi connectivity index (χ0v) is 21.5. The summed E-state index contributed by atoms with van der Waals surface area (Å²) >= 11 is 0. The number of fused-ring (bicyclic) bond motifs is 1. The number of nitrogens with one attached hydrogen (secondary N) is 1. The predicted molar refractivity (Wildman–Crippen MR) is 140 cm³/mol. The van der Waals surface area contributed by atoms with Gasteiger partial charge in [-0.2, -0.15) is 0 Å². The lowest BCUT2D eigenvalue weighted by Gasteiger charge is -2.65. The number of carbonyl (C=O) groups excluding carboxylic acids is 2. The van der Waals surface area contributed by atoms with E-state index in [0.29, 0.717) is 18.5 Å². The zero-order valence-electron chi connectivity index (χ0n) is 21.5. The van der Waals surface area contributed by atoms with E-state index in [1.165, 1.54) is 30.5 Å². The molecule has 8 rings (SSSR count). The van der Waals surface area contributed by atoms with Crippen molar-refractivity contribution in [3.63, 3.8) is 0 Å². The standard InChI is InChI=1S/C31H35N3O3/c1-19(35)32-23-10-9-22-15-27-31-12-11-25-28(26(37-31)18-34(25)29(36)21-5-3-2-4-6-21)30(31,24(22)16-23)13-14-33(27)17-20-7-8-20/h2-6,9-10,16,20,25-28H,7-8,11-15,17-18H2,1H3,(H,32,35)/t25?,26-,27-,28?,30+,31-/m1/s1. The van der Waals surface area contributed by atoms with Gasteiger partial charge < -0.3 is 15.0 Å². The summed E-state index contributed by atoms with van der Waals surface area (Å²) in [6.45, 7) is 4.55. The lowest BCUT2D eigenvalue weighted by atomic mass is 9.46. The van der Waals surface area contributed by atoms with E-state index in [9.17, 15) is 9.59 Å². The number of hydrogen-bond acceptors (Lipinski definition) is 4. The number of piperidine rings is 1. The van der Waals surface area contributed by atoms with Gasteiger partial charge in [-0.25, -0.2) is 0 Å². The lowest BCUT2D eigenvalue weighted by Crippen LogP contribution is -2.74. The summed E-state index contributed by atoms with van der Waals surface area (Å²) in [5.41, 5.74) is 4.13. The van der Waals surface area contributed by atoms with E-state index < -0.39 is 0 Å². The minimum atomic E-state index is -0.199. The summed E-state index contributed by atoms with van der Waals surface area (Å²) in [5, 5.41) is 3.04. The Balaban J connectivity index is 1.25. The Morgan fingerprint density at radius 1 is 1.08 bits per heavy atom. The molecule has 6 atom stereocenters. The third-order valence-electron chi connectivity index (χ3n) is 10.7. The maximum absolute atomic E-state index is 13.7. The number of rotatable bonds is 4. The number of carbonyl (C=O) groups is 2. The number of likely N-dealkylation sites (tertiary alicyclic amines) is 2. The first-order valence-corrected chi connectivity index (χ1v) is 14.2. The van der Waals surface area contributed by atoms with Crippen molar-refractivity contribution < 1.29 is 14.3 Å². The molecule has 2 aromatic rings. The average Bonchev–Trinajstić information content (AvgIpc) is 3.59. The van der Waals surface area contributed by atoms with Gasteiger partial charge in [0.25, 0.3) is 5.91 Å². The Bertz CT molecular complexity index is 1290. The lowest BCUT2D eigenvalue weighted by molar-refractivity contribution is -0.170. The van der Waals surface area contributed by atoms with E-state index >= 15 is 0 Å². The van der Waals surface area contributed by atoms with E-state index in [1.54, 1.807) is 6.92 Å². The second-order valence-electron chi connectivity index (χ2n) is 12.4. The van der Waals surface area contributed by atoms with Gasteiger partial charge in [0.15, 0.2) is 0 Å². The Labute approximate surface area is 218 Å². The summed E-state index contributed by atoms with van der Waals surface area (Å²) in [5.74, 6) is 1.25. The van der Waals surface area contributed by atoms with Crippen molar-refractivity contribution in [2.24, 2.45) is 11.8 Å². The Morgan fingerprint density at radius 3 is 2.70 bits per heavy atom. The van der Waals surface area contributed by atoms with Crippen LogP contribution in [0, 0.1) is 11.8 Å². The molecule has 3 aliphatic heterocycles. The van der Waals surface area contributed by atoms with Gasteiger partial charge in [-0.15, -0.1) is 0 Å². The SMILES string of the molecule is CC(=O)Nc1ccc2c(c1)[C@]13CCN(CC4CC4)[C@H](C2)[C@]12CCC1C3[C@@H](CN1C(=O)c1ccccc1)O2. The summed E-state index contributed by atoms with van der Waals surface area (Å²) < 4.78 is 7.33. The second kappa shape index (κ2) is 7.67. The van der Waals surface area contributed by atoms with Crippen LogP contribution in [0.1, 0.15) is 60.5 Å². The highest BCUT2D eigenvalue weighted by Gasteiger charge is 2.78. The number of amides is 2. The fourth-order valence-electron chi connectivity index (χ4n) is 9.30. The van der Waals surface area contributed by atoms with Gasteiger partial charge in [0, 0.05) is 54.7 Å². The van der Waals surface area contributed by atoms with Crippen molar-refractivity contribution >= 4 is 17.5 Å². The fourth-order valence-corrected chi connectivity index (χ4v) is 9.30. The van der Waals surface area contributed by atoms with Crippen molar-refractivity contribution in [2.45, 2.75) is 74.7 Å². The monoisotopic (exact) mass is 497 g/mol. The first kappa shape index (κ1) is 22.3. The van der Waals surface area contributed by atoms with Crippen LogP contribution in [0.15, 0.2) is 48.5 Å². The molecule has 4 bridgehead atoms. The van der Waals surface area contributed by atoms with E-state index in [0.717, 1.165) is 49.4 Å². The van der Waals surface area contributed by atoms with E-state index in [-0.39, 0.29) is 35.0 Å². The molecular weight excluding hydrogens is 462 g/mol. The minimum Gasteiger partial charge on any atom is -0.367 e. The highest BCUT2D eigenvalue weighted by molar-refractivity contribution is 5.95. The summed E-state index contributed by atoms with van der Waals surface area (Å²) in [4.78, 5) is 30.6. The van der Waals surface area contributed by atoms with Crippen LogP contribution < -0.4 is 5.32 Å². The molecule has 0 radical (unpaired) electrons. The zero-order chi connectivity index (χ0) is 24.9. The highest BCUT2D eigenvalue weighted by Crippen LogP contribution is 2.69. The van der Waals surface area contributed by atoms with Gasteiger partial charge >= 0.3 is 0 Å². The van der Waals surface area contributed by atoms with Crippen LogP contribution in [0.5, 0.6) is 0 Å². The molecule has 37 heavy (non-hydrogen) atoms. The van der Waals surface area contributed by atoms with Gasteiger partial charge in [-0.3, -0.25) is 14.5 Å². The van der Waals surface area contributed by atoms with E-state index in [2.05, 4.69) is 33.3 Å². The van der Waals surface area contributed by atoms with Crippen LogP contribution in [-0.2, 0) is 21.4 Å². The molecule has 2 amide bonds. The van der Waals surface area contributed by atoms with Crippen LogP contribution in [-0.4, -0.2) is 65.0 Å². The molecule has 1 N–H and O–H groups in total. The first-order valence-electron chi connectivity index (χ1n) is 14.2. The third kappa shape index (κ3) is 2.94. The van der Waals surface area contributed by atoms with Crippen LogP contribution in [0.4, 0.5) is 5.69 Å². The van der Waals surface area contributed by atoms with Crippen molar-refractivity contribution in [1.29, 1.82) is 0 Å². The van der Waals surface area contributed by atoms with Crippen LogP contribution in [0.2, 0.25) is 0 Å². The molecule has 6 heteroatoms. The molecule has 3 aliphatic carbocycles. The molecule has 6 nitrogen and oxygen atoms in total. The van der Waals surface area contributed by atoms with Crippen molar-refractivity contribution in [1.82, 2.24) is 9.80 Å². The maximum Gasteiger partial charge on any atom is 0.254 e. The number of ether oxygens (including phenoxy) is 1. The number of benzene rings is 2. The number of hydrogen-bond donors (Lipinski definition) is 1. The molecule has 0 aromatic heterocycles. The molecule has 0 spiro atoms. The van der Waals surface area contributed by atoms with Crippen molar-refractivity contribution in [3.8, 4) is 0 Å². The van der Waals surface area contributed by atoms with Crippen LogP contribution in [0.25, 0.3) is 0 Å². The molecule has 192 valence electrons. The predicted octanol–water partition coefficient (Wildman–Crippen LogP) is 4.00. The van der Waals surface area contributed by atoms with Gasteiger partial charge in [0.05, 0.1) is 11.7 Å². The molecule has 6 aliphatic rings. The molecule has 5 fully saturated rings. The molecule has 2 saturated carbocycles. The molecular formula is C31H35N3O3. The largest absolute Gasteiger partial charge is 0.367 e. The van der Waals surface area contributed by atoms with Crippen molar-refractivity contribution in [3.05, 3.63) is 65.2 Å². The number of anilines is 1. The summed E-state index contributed by atoms with van der Waals surface area (Å²) in [6.07, 6.45) is 6.89. The highest BCUT2D eigenvalue weighted by atomic mass is 16.5. The Hall–Kier alpha value is -2.70. The quantitative estimate of drug-likeness (QED) is 0.694. The smallest absolute Gasteiger partial charge is 0.254 e. The number of nitrogens with zero attached hydrogens (tertiary/aromatic N) is 2. The fraction of sp³-hybridized carbons (Fsp3) is 0.548. The van der Waals surface area contributed by atoms with E-state index in [4.69, 9.17) is 4.74 Å².